The third kappa shape index (κ3) is 3.71. The first-order valence-electron chi connectivity index (χ1n) is 8.60. The molecule has 1 fully saturated rings. The molecular weight excluding hydrogens is 354 g/mol. The monoisotopic (exact) mass is 373 g/mol. The van der Waals surface area contributed by atoms with Crippen LogP contribution in [-0.2, 0) is 27.3 Å². The van der Waals surface area contributed by atoms with Crippen molar-refractivity contribution < 1.29 is 18.7 Å². The summed E-state index contributed by atoms with van der Waals surface area (Å²) in [5.74, 6) is 0.446. The Morgan fingerprint density at radius 3 is 3.12 bits per heavy atom. The zero-order valence-electron chi connectivity index (χ0n) is 14.1. The number of fused-ring (bicyclic) bond motifs is 1. The van der Waals surface area contributed by atoms with Gasteiger partial charge in [0.25, 0.3) is 5.91 Å². The number of nitrogens with one attached hydrogen (secondary N) is 1. The zero-order chi connectivity index (χ0) is 17.9. The normalized spacial score (nSPS) is 19.7. The Hall–Kier alpha value is -2.45. The number of ether oxygens (including phenoxy) is 1. The van der Waals surface area contributed by atoms with E-state index < -0.39 is 0 Å². The lowest BCUT2D eigenvalue weighted by atomic mass is 10.2. The Morgan fingerprint density at radius 2 is 2.35 bits per heavy atom. The standard InChI is InChI=1S/C18H19N3O4S/c22-16(6-5-12-3-1-9-24-12)21-8-7-13-15(11-21)26-18(19-13)20-17(23)14-4-2-10-25-14/h1,3,5-6,9,14H,2,4,7-8,10-11H2,(H,19,20,23)/b6-5+/t14-/m0/s1. The number of thiazole rings is 1. The summed E-state index contributed by atoms with van der Waals surface area (Å²) in [7, 11) is 0. The van der Waals surface area contributed by atoms with Gasteiger partial charge in [0.1, 0.15) is 11.9 Å². The van der Waals surface area contributed by atoms with Crippen LogP contribution in [0, 0.1) is 0 Å². The lowest BCUT2D eigenvalue weighted by Crippen LogP contribution is -2.34. The average molecular weight is 373 g/mol. The zero-order valence-corrected chi connectivity index (χ0v) is 15.0. The topological polar surface area (TPSA) is 84.7 Å². The summed E-state index contributed by atoms with van der Waals surface area (Å²) in [6, 6.07) is 3.57. The molecule has 8 heteroatoms. The van der Waals surface area contributed by atoms with Gasteiger partial charge in [0.15, 0.2) is 5.13 Å². The van der Waals surface area contributed by atoms with Gasteiger partial charge < -0.3 is 14.1 Å². The van der Waals surface area contributed by atoms with E-state index in [2.05, 4.69) is 10.3 Å². The Balaban J connectivity index is 1.38. The lowest BCUT2D eigenvalue weighted by molar-refractivity contribution is -0.127. The van der Waals surface area contributed by atoms with E-state index in [1.54, 1.807) is 29.4 Å². The fourth-order valence-corrected chi connectivity index (χ4v) is 4.08. The quantitative estimate of drug-likeness (QED) is 0.832. The van der Waals surface area contributed by atoms with E-state index in [0.717, 1.165) is 23.4 Å². The maximum Gasteiger partial charge on any atom is 0.255 e. The van der Waals surface area contributed by atoms with Gasteiger partial charge in [-0.15, -0.1) is 0 Å². The molecule has 0 bridgehead atoms. The van der Waals surface area contributed by atoms with Crippen molar-refractivity contribution in [2.24, 2.45) is 0 Å². The van der Waals surface area contributed by atoms with Gasteiger partial charge in [-0.3, -0.25) is 14.9 Å². The summed E-state index contributed by atoms with van der Waals surface area (Å²) in [6.45, 7) is 1.75. The smallest absolute Gasteiger partial charge is 0.255 e. The minimum Gasteiger partial charge on any atom is -0.465 e. The number of carbonyl (C=O) groups is 2. The minimum absolute atomic E-state index is 0.0645. The maximum atomic E-state index is 12.4. The number of furan rings is 1. The molecule has 4 rings (SSSR count). The molecule has 26 heavy (non-hydrogen) atoms. The van der Waals surface area contributed by atoms with E-state index in [9.17, 15) is 9.59 Å². The van der Waals surface area contributed by atoms with Crippen LogP contribution in [0.1, 0.15) is 29.2 Å². The van der Waals surface area contributed by atoms with Crippen molar-refractivity contribution >= 4 is 34.4 Å². The molecule has 2 aliphatic heterocycles. The molecule has 1 saturated heterocycles. The van der Waals surface area contributed by atoms with Crippen molar-refractivity contribution in [1.29, 1.82) is 0 Å². The Morgan fingerprint density at radius 1 is 1.42 bits per heavy atom. The second-order valence-corrected chi connectivity index (χ2v) is 7.32. The highest BCUT2D eigenvalue weighted by Crippen LogP contribution is 2.29. The highest BCUT2D eigenvalue weighted by molar-refractivity contribution is 7.15. The molecule has 7 nitrogen and oxygen atoms in total. The molecule has 0 saturated carbocycles. The van der Waals surface area contributed by atoms with E-state index in [1.807, 2.05) is 0 Å². The summed E-state index contributed by atoms with van der Waals surface area (Å²) in [4.78, 5) is 31.8. The van der Waals surface area contributed by atoms with Crippen molar-refractivity contribution in [2.45, 2.75) is 31.9 Å². The number of hydrogen-bond acceptors (Lipinski definition) is 6. The van der Waals surface area contributed by atoms with Crippen molar-refractivity contribution in [1.82, 2.24) is 9.88 Å². The fraction of sp³-hybridized carbons (Fsp3) is 0.389. The molecule has 0 aliphatic carbocycles. The second kappa shape index (κ2) is 7.43. The lowest BCUT2D eigenvalue weighted by Gasteiger charge is -2.24. The van der Waals surface area contributed by atoms with Crippen molar-refractivity contribution in [3.05, 3.63) is 40.8 Å². The van der Waals surface area contributed by atoms with E-state index in [-0.39, 0.29) is 17.9 Å². The van der Waals surface area contributed by atoms with Gasteiger partial charge in [-0.2, -0.15) is 0 Å². The highest BCUT2D eigenvalue weighted by Gasteiger charge is 2.27. The summed E-state index contributed by atoms with van der Waals surface area (Å²) in [5, 5.41) is 3.42. The highest BCUT2D eigenvalue weighted by atomic mass is 32.1. The minimum atomic E-state index is -0.374. The third-order valence-corrected chi connectivity index (χ3v) is 5.43. The third-order valence-electron chi connectivity index (χ3n) is 4.43. The van der Waals surface area contributed by atoms with Crippen molar-refractivity contribution in [2.75, 3.05) is 18.5 Å². The van der Waals surface area contributed by atoms with Gasteiger partial charge in [0.2, 0.25) is 5.91 Å². The van der Waals surface area contributed by atoms with E-state index in [1.165, 1.54) is 17.4 Å². The summed E-state index contributed by atoms with van der Waals surface area (Å²) in [5.41, 5.74) is 0.955. The Labute approximate surface area is 154 Å². The second-order valence-electron chi connectivity index (χ2n) is 6.24. The van der Waals surface area contributed by atoms with Crippen LogP contribution in [0.5, 0.6) is 0 Å². The SMILES string of the molecule is O=C(Nc1nc2c(s1)CN(C(=O)/C=C/c1ccco1)CC2)[C@@H]1CCCO1. The van der Waals surface area contributed by atoms with Crippen LogP contribution in [0.4, 0.5) is 5.13 Å². The first kappa shape index (κ1) is 17.0. The number of anilines is 1. The molecule has 1 N–H and O–H groups in total. The molecule has 2 aliphatic rings. The number of rotatable bonds is 4. The average Bonchev–Trinajstić information content (AvgIpc) is 3.39. The molecule has 0 unspecified atom stereocenters. The van der Waals surface area contributed by atoms with Gasteiger partial charge >= 0.3 is 0 Å². The van der Waals surface area contributed by atoms with Gasteiger partial charge in [0, 0.05) is 30.5 Å². The fourth-order valence-electron chi connectivity index (χ4n) is 3.05. The predicted molar refractivity (Wildman–Crippen MR) is 96.6 cm³/mol. The van der Waals surface area contributed by atoms with Gasteiger partial charge in [-0.25, -0.2) is 4.98 Å². The predicted octanol–water partition coefficient (Wildman–Crippen LogP) is 2.45. The number of aromatic nitrogens is 1. The largest absolute Gasteiger partial charge is 0.465 e. The molecule has 1 atom stereocenters. The van der Waals surface area contributed by atoms with Crippen molar-refractivity contribution in [3.63, 3.8) is 0 Å². The van der Waals surface area contributed by atoms with Crippen LogP contribution < -0.4 is 5.32 Å². The van der Waals surface area contributed by atoms with Crippen LogP contribution in [0.25, 0.3) is 6.08 Å². The first-order valence-corrected chi connectivity index (χ1v) is 9.42. The Bertz CT molecular complexity index is 822. The van der Waals surface area contributed by atoms with Crippen LogP contribution in [-0.4, -0.2) is 41.0 Å². The summed E-state index contributed by atoms with van der Waals surface area (Å²) in [6.07, 6.45) is 6.72. The number of carbonyl (C=O) groups excluding carboxylic acids is 2. The molecular formula is C18H19N3O4S. The molecule has 0 spiro atoms. The molecule has 2 aromatic rings. The first-order chi connectivity index (χ1) is 12.7. The van der Waals surface area contributed by atoms with E-state index in [4.69, 9.17) is 9.15 Å². The van der Waals surface area contributed by atoms with Crippen molar-refractivity contribution in [3.8, 4) is 0 Å². The molecule has 0 radical (unpaired) electrons. The van der Waals surface area contributed by atoms with Gasteiger partial charge in [-0.05, 0) is 31.1 Å². The Kier molecular flexibility index (Phi) is 4.85. The number of amides is 2. The van der Waals surface area contributed by atoms with E-state index >= 15 is 0 Å². The molecule has 136 valence electrons. The van der Waals surface area contributed by atoms with E-state index in [0.29, 0.717) is 37.0 Å². The van der Waals surface area contributed by atoms with Gasteiger partial charge in [-0.1, -0.05) is 11.3 Å². The summed E-state index contributed by atoms with van der Waals surface area (Å²) < 4.78 is 10.6. The molecule has 0 aromatic carbocycles. The van der Waals surface area contributed by atoms with Crippen LogP contribution in [0.15, 0.2) is 28.9 Å². The maximum absolute atomic E-state index is 12.4. The molecule has 2 amide bonds. The number of hydrogen-bond donors (Lipinski definition) is 1. The molecule has 2 aromatic heterocycles. The van der Waals surface area contributed by atoms with Crippen LogP contribution >= 0.6 is 11.3 Å². The summed E-state index contributed by atoms with van der Waals surface area (Å²) >= 11 is 1.42. The number of nitrogens with zero attached hydrogens (tertiary/aromatic N) is 2. The van der Waals surface area contributed by atoms with Crippen LogP contribution in [0.2, 0.25) is 0 Å². The van der Waals surface area contributed by atoms with Gasteiger partial charge in [0.05, 0.1) is 18.5 Å². The molecule has 4 heterocycles. The van der Waals surface area contributed by atoms with Crippen LogP contribution in [0.3, 0.4) is 0 Å².